The van der Waals surface area contributed by atoms with Gasteiger partial charge in [-0.2, -0.15) is 0 Å². The Morgan fingerprint density at radius 3 is 1.88 bits per heavy atom. The first-order chi connectivity index (χ1) is 20.3. The van der Waals surface area contributed by atoms with Crippen molar-refractivity contribution in [2.45, 2.75) is 0 Å². The predicted octanol–water partition coefficient (Wildman–Crippen LogP) is 8.66. The zero-order chi connectivity index (χ0) is 26.9. The van der Waals surface area contributed by atoms with E-state index >= 15 is 0 Å². The molecule has 0 radical (unpaired) electrons. The average Bonchev–Trinajstić information content (AvgIpc) is 3.41. The third kappa shape index (κ3) is 3.30. The summed E-state index contributed by atoms with van der Waals surface area (Å²) < 4.78 is 6.18. The van der Waals surface area contributed by atoms with Crippen LogP contribution in [0.4, 0.5) is 0 Å². The van der Waals surface area contributed by atoms with Crippen molar-refractivity contribution in [2.75, 3.05) is 0 Å². The van der Waals surface area contributed by atoms with Gasteiger partial charge in [-0.3, -0.25) is 0 Å². The van der Waals surface area contributed by atoms with Crippen molar-refractivity contribution in [3.8, 4) is 0 Å². The summed E-state index contributed by atoms with van der Waals surface area (Å²) in [4.78, 5) is 0. The molecule has 7 aromatic rings. The summed E-state index contributed by atoms with van der Waals surface area (Å²) in [6.45, 7) is 0. The van der Waals surface area contributed by atoms with Crippen LogP contribution in [0.15, 0.2) is 150 Å². The molecule has 0 saturated carbocycles. The summed E-state index contributed by atoms with van der Waals surface area (Å²) >= 11 is 0. The van der Waals surface area contributed by atoms with Gasteiger partial charge in [-0.1, -0.05) is 121 Å². The lowest BCUT2D eigenvalue weighted by Gasteiger charge is -2.34. The van der Waals surface area contributed by atoms with Gasteiger partial charge in [0.05, 0.1) is 0 Å². The van der Waals surface area contributed by atoms with E-state index in [1.165, 1.54) is 65.0 Å². The second-order valence-corrected chi connectivity index (χ2v) is 11.2. The summed E-state index contributed by atoms with van der Waals surface area (Å²) in [5, 5.41) is 10.2. The van der Waals surface area contributed by atoms with E-state index in [1.807, 2.05) is 6.07 Å². The minimum Gasteiger partial charge on any atom is -0.456 e. The highest BCUT2D eigenvalue weighted by molar-refractivity contribution is 6.12. The molecule has 0 aliphatic heterocycles. The molecular weight excluding hydrogens is 496 g/mol. The molecule has 0 N–H and O–H groups in total. The molecule has 2 aliphatic carbocycles. The number of allylic oxidation sites excluding steroid dienone is 4. The maximum atomic E-state index is 6.18. The van der Waals surface area contributed by atoms with Crippen LogP contribution in [0.1, 0.15) is 11.1 Å². The molecule has 2 unspecified atom stereocenters. The summed E-state index contributed by atoms with van der Waals surface area (Å²) in [6.07, 6.45) is 9.25. The quantitative estimate of drug-likeness (QED) is 0.207. The summed E-state index contributed by atoms with van der Waals surface area (Å²) in [6, 6.07) is 44.2. The van der Waals surface area contributed by atoms with Gasteiger partial charge in [0.25, 0.3) is 0 Å². The van der Waals surface area contributed by atoms with Crippen LogP contribution >= 0.6 is 0 Å². The Kier molecular flexibility index (Phi) is 4.80. The van der Waals surface area contributed by atoms with E-state index < -0.39 is 0 Å². The second-order valence-electron chi connectivity index (χ2n) is 11.2. The van der Waals surface area contributed by atoms with Crippen LogP contribution < -0.4 is 10.4 Å². The number of furan rings is 1. The van der Waals surface area contributed by atoms with E-state index in [0.29, 0.717) is 0 Å². The van der Waals surface area contributed by atoms with Crippen LogP contribution in [-0.4, -0.2) is 0 Å². The summed E-state index contributed by atoms with van der Waals surface area (Å²) in [5.41, 5.74) is 7.25. The van der Waals surface area contributed by atoms with Crippen molar-refractivity contribution >= 4 is 54.6 Å². The molecule has 1 heterocycles. The lowest BCUT2D eigenvalue weighted by Crippen LogP contribution is -2.40. The lowest BCUT2D eigenvalue weighted by molar-refractivity contribution is 0.668. The minimum absolute atomic E-state index is 0.228. The molecule has 0 spiro atoms. The third-order valence-corrected chi connectivity index (χ3v) is 9.05. The monoisotopic (exact) mass is 522 g/mol. The van der Waals surface area contributed by atoms with Gasteiger partial charge in [-0.15, -0.1) is 0 Å². The molecule has 1 aromatic heterocycles. The number of hydrogen-bond acceptors (Lipinski definition) is 1. The van der Waals surface area contributed by atoms with Gasteiger partial charge in [0.15, 0.2) is 0 Å². The molecule has 2 aliphatic rings. The lowest BCUT2D eigenvalue weighted by atomic mass is 9.69. The summed E-state index contributed by atoms with van der Waals surface area (Å²) in [7, 11) is 0. The number of hydrogen-bond donors (Lipinski definition) is 0. The van der Waals surface area contributed by atoms with E-state index in [9.17, 15) is 0 Å². The molecule has 1 heteroatoms. The molecule has 192 valence electrons. The second kappa shape index (κ2) is 8.68. The Morgan fingerprint density at radius 2 is 1.05 bits per heavy atom. The van der Waals surface area contributed by atoms with Crippen molar-refractivity contribution in [1.29, 1.82) is 0 Å². The van der Waals surface area contributed by atoms with Crippen molar-refractivity contribution < 1.29 is 4.42 Å². The van der Waals surface area contributed by atoms with Gasteiger partial charge in [-0.25, -0.2) is 0 Å². The largest absolute Gasteiger partial charge is 0.456 e. The minimum atomic E-state index is 0.228. The van der Waals surface area contributed by atoms with Gasteiger partial charge >= 0.3 is 0 Å². The topological polar surface area (TPSA) is 13.1 Å². The van der Waals surface area contributed by atoms with Gasteiger partial charge in [-0.05, 0) is 78.5 Å². The highest BCUT2D eigenvalue weighted by atomic mass is 16.3. The van der Waals surface area contributed by atoms with E-state index in [4.69, 9.17) is 4.42 Å². The number of rotatable bonds is 2. The van der Waals surface area contributed by atoms with Crippen LogP contribution in [0.2, 0.25) is 0 Å². The first-order valence-electron chi connectivity index (χ1n) is 14.4. The summed E-state index contributed by atoms with van der Waals surface area (Å²) in [5.74, 6) is 0.456. The molecule has 2 atom stereocenters. The van der Waals surface area contributed by atoms with Crippen molar-refractivity contribution in [3.63, 3.8) is 0 Å². The highest BCUT2D eigenvalue weighted by Gasteiger charge is 2.32. The Hall–Kier alpha value is -5.14. The molecule has 0 amide bonds. The van der Waals surface area contributed by atoms with Crippen LogP contribution in [0, 0.1) is 11.8 Å². The molecule has 41 heavy (non-hydrogen) atoms. The average molecular weight is 523 g/mol. The predicted molar refractivity (Wildman–Crippen MR) is 171 cm³/mol. The maximum Gasteiger partial charge on any atom is 0.135 e. The third-order valence-electron chi connectivity index (χ3n) is 9.05. The molecule has 9 rings (SSSR count). The Labute approximate surface area is 237 Å². The van der Waals surface area contributed by atoms with Crippen LogP contribution in [-0.2, 0) is 0 Å². The number of benzene rings is 6. The Bertz CT molecular complexity index is 2380. The Balaban J connectivity index is 1.42. The molecule has 6 aromatic carbocycles. The fourth-order valence-electron chi connectivity index (χ4n) is 7.31. The molecule has 0 saturated heterocycles. The van der Waals surface area contributed by atoms with E-state index in [-0.39, 0.29) is 11.8 Å². The maximum absolute atomic E-state index is 6.18. The smallest absolute Gasteiger partial charge is 0.135 e. The molecular formula is C40H26O. The first-order valence-corrected chi connectivity index (χ1v) is 14.4. The van der Waals surface area contributed by atoms with Crippen molar-refractivity contribution in [1.82, 2.24) is 0 Å². The molecule has 1 nitrogen and oxygen atoms in total. The van der Waals surface area contributed by atoms with E-state index in [1.54, 1.807) is 0 Å². The molecule has 0 bridgehead atoms. The highest BCUT2D eigenvalue weighted by Crippen LogP contribution is 2.43. The molecule has 0 fully saturated rings. The zero-order valence-corrected chi connectivity index (χ0v) is 22.4. The van der Waals surface area contributed by atoms with Gasteiger partial charge < -0.3 is 4.42 Å². The van der Waals surface area contributed by atoms with Crippen molar-refractivity contribution in [2.24, 2.45) is 11.8 Å². The zero-order valence-electron chi connectivity index (χ0n) is 22.4. The fourth-order valence-corrected chi connectivity index (χ4v) is 7.31. The van der Waals surface area contributed by atoms with E-state index in [2.05, 4.69) is 140 Å². The van der Waals surface area contributed by atoms with E-state index in [0.717, 1.165) is 11.2 Å². The Morgan fingerprint density at radius 1 is 0.439 bits per heavy atom. The number of fused-ring (bicyclic) bond motifs is 8. The van der Waals surface area contributed by atoms with Crippen LogP contribution in [0.25, 0.3) is 54.6 Å². The normalized spacial score (nSPS) is 18.0. The van der Waals surface area contributed by atoms with Gasteiger partial charge in [0, 0.05) is 22.6 Å². The standard InChI is InChI=1S/C40H26O/c1-2-12-27-25(11-1)23-36(29-14-4-3-13-28(27)29)40-33-18-7-5-16-31(33)39(32-17-6-8-19-34(32)40)26-21-22-38-35(24-26)30-15-9-10-20-37(30)41-38/h1-24,31,33H. The fraction of sp³-hybridized carbons (Fsp3) is 0.0500. The number of para-hydroxylation sites is 1. The SMILES string of the molecule is C1=CC2C(c3ccc4oc5ccccc5c4c3)=c3ccccc3=C(c3cc4ccccc4c4ccccc34)C2C=C1. The van der Waals surface area contributed by atoms with Crippen LogP contribution in [0.5, 0.6) is 0 Å². The van der Waals surface area contributed by atoms with Gasteiger partial charge in [0.1, 0.15) is 11.2 Å². The van der Waals surface area contributed by atoms with Crippen LogP contribution in [0.3, 0.4) is 0 Å². The first kappa shape index (κ1) is 22.7. The van der Waals surface area contributed by atoms with Crippen molar-refractivity contribution in [3.05, 3.63) is 167 Å². The van der Waals surface area contributed by atoms with Gasteiger partial charge in [0.2, 0.25) is 0 Å².